The van der Waals surface area contributed by atoms with E-state index in [1.807, 2.05) is 6.08 Å². The van der Waals surface area contributed by atoms with Crippen LogP contribution in [0.4, 0.5) is 14.5 Å². The molecule has 1 aromatic carbocycles. The second-order valence-electron chi connectivity index (χ2n) is 5.88. The summed E-state index contributed by atoms with van der Waals surface area (Å²) in [5.74, 6) is -1.84. The van der Waals surface area contributed by atoms with Crippen molar-refractivity contribution in [2.75, 3.05) is 18.1 Å². The molecule has 1 aliphatic carbocycles. The highest BCUT2D eigenvalue weighted by molar-refractivity contribution is 7.92. The van der Waals surface area contributed by atoms with Gasteiger partial charge < -0.3 is 4.74 Å². The molecule has 128 valence electrons. The predicted octanol–water partition coefficient (Wildman–Crippen LogP) is 3.91. The fourth-order valence-electron chi connectivity index (χ4n) is 2.64. The van der Waals surface area contributed by atoms with Crippen molar-refractivity contribution in [3.8, 4) is 5.75 Å². The Morgan fingerprint density at radius 2 is 1.96 bits per heavy atom. The first kappa shape index (κ1) is 17.7. The maximum absolute atomic E-state index is 13.2. The van der Waals surface area contributed by atoms with Gasteiger partial charge in [0.15, 0.2) is 0 Å². The SMILES string of the molecule is COc1ccc(NS(C)(=O)=O)cc1C=CC1CCC(F)(F)CC1. The van der Waals surface area contributed by atoms with Crippen LogP contribution in [0.25, 0.3) is 6.08 Å². The third-order valence-corrected chi connectivity index (χ3v) is 4.45. The van der Waals surface area contributed by atoms with Crippen LogP contribution in [0, 0.1) is 5.92 Å². The van der Waals surface area contributed by atoms with Gasteiger partial charge in [0.2, 0.25) is 15.9 Å². The van der Waals surface area contributed by atoms with Gasteiger partial charge in [0.05, 0.1) is 13.4 Å². The van der Waals surface area contributed by atoms with Crippen molar-refractivity contribution in [2.45, 2.75) is 31.6 Å². The van der Waals surface area contributed by atoms with Crippen LogP contribution in [0.1, 0.15) is 31.2 Å². The molecule has 0 spiro atoms. The monoisotopic (exact) mass is 345 g/mol. The standard InChI is InChI=1S/C16H21F2NO3S/c1-22-15-6-5-14(19-23(2,20)21)11-13(15)4-3-12-7-9-16(17,18)10-8-12/h3-6,11-12,19H,7-10H2,1-2H3. The van der Waals surface area contributed by atoms with E-state index >= 15 is 0 Å². The van der Waals surface area contributed by atoms with E-state index < -0.39 is 15.9 Å². The summed E-state index contributed by atoms with van der Waals surface area (Å²) in [6.07, 6.45) is 5.51. The van der Waals surface area contributed by atoms with E-state index in [9.17, 15) is 17.2 Å². The Labute approximate surface area is 135 Å². The Hall–Kier alpha value is -1.63. The molecule has 1 fully saturated rings. The second-order valence-corrected chi connectivity index (χ2v) is 7.63. The molecule has 0 atom stereocenters. The third kappa shape index (κ3) is 5.49. The molecule has 1 N–H and O–H groups in total. The van der Waals surface area contributed by atoms with E-state index in [-0.39, 0.29) is 18.8 Å². The maximum Gasteiger partial charge on any atom is 0.248 e. The van der Waals surface area contributed by atoms with Crippen molar-refractivity contribution in [1.29, 1.82) is 0 Å². The van der Waals surface area contributed by atoms with Crippen LogP contribution in [0.2, 0.25) is 0 Å². The van der Waals surface area contributed by atoms with E-state index in [2.05, 4.69) is 4.72 Å². The Kier molecular flexibility index (Phi) is 5.29. The van der Waals surface area contributed by atoms with Crippen molar-refractivity contribution >= 4 is 21.8 Å². The summed E-state index contributed by atoms with van der Waals surface area (Å²) in [5.41, 5.74) is 1.14. The molecule has 7 heteroatoms. The number of allylic oxidation sites excluding steroid dienone is 1. The van der Waals surface area contributed by atoms with Crippen LogP contribution in [0.15, 0.2) is 24.3 Å². The molecule has 1 saturated carbocycles. The first-order chi connectivity index (χ1) is 10.7. The van der Waals surface area contributed by atoms with Gasteiger partial charge in [-0.25, -0.2) is 17.2 Å². The second kappa shape index (κ2) is 6.86. The normalized spacial score (nSPS) is 19.0. The van der Waals surface area contributed by atoms with Crippen molar-refractivity contribution in [2.24, 2.45) is 5.92 Å². The van der Waals surface area contributed by atoms with Crippen molar-refractivity contribution in [3.05, 3.63) is 29.8 Å². The minimum absolute atomic E-state index is 0.0885. The Balaban J connectivity index is 2.14. The van der Waals surface area contributed by atoms with Gasteiger partial charge in [0.1, 0.15) is 5.75 Å². The Bertz CT molecular complexity index is 677. The number of sulfonamides is 1. The first-order valence-electron chi connectivity index (χ1n) is 7.40. The van der Waals surface area contributed by atoms with E-state index in [4.69, 9.17) is 4.74 Å². The third-order valence-electron chi connectivity index (χ3n) is 3.84. The van der Waals surface area contributed by atoms with Gasteiger partial charge >= 0.3 is 0 Å². The molecule has 4 nitrogen and oxygen atoms in total. The van der Waals surface area contributed by atoms with Gasteiger partial charge in [0, 0.05) is 24.1 Å². The van der Waals surface area contributed by atoms with E-state index in [1.165, 1.54) is 7.11 Å². The molecule has 0 heterocycles. The largest absolute Gasteiger partial charge is 0.496 e. The number of alkyl halides is 2. The molecule has 1 aromatic rings. The molecule has 0 amide bonds. The predicted molar refractivity (Wildman–Crippen MR) is 87.4 cm³/mol. The summed E-state index contributed by atoms with van der Waals surface area (Å²) in [7, 11) is -1.83. The lowest BCUT2D eigenvalue weighted by molar-refractivity contribution is -0.0410. The molecule has 2 rings (SSSR count). The lowest BCUT2D eigenvalue weighted by Gasteiger charge is -2.26. The summed E-state index contributed by atoms with van der Waals surface area (Å²) >= 11 is 0. The summed E-state index contributed by atoms with van der Waals surface area (Å²) < 4.78 is 56.6. The average molecular weight is 345 g/mol. The number of nitrogens with one attached hydrogen (secondary N) is 1. The van der Waals surface area contributed by atoms with E-state index in [0.29, 0.717) is 29.8 Å². The first-order valence-corrected chi connectivity index (χ1v) is 9.29. The Morgan fingerprint density at radius 3 is 2.52 bits per heavy atom. The molecule has 23 heavy (non-hydrogen) atoms. The van der Waals surface area contributed by atoms with Gasteiger partial charge in [-0.3, -0.25) is 4.72 Å². The zero-order valence-electron chi connectivity index (χ0n) is 13.2. The minimum Gasteiger partial charge on any atom is -0.496 e. The van der Waals surface area contributed by atoms with Gasteiger partial charge in [-0.1, -0.05) is 12.2 Å². The summed E-state index contributed by atoms with van der Waals surface area (Å²) in [5, 5.41) is 0. The quantitative estimate of drug-likeness (QED) is 0.880. The number of ether oxygens (including phenoxy) is 1. The van der Waals surface area contributed by atoms with E-state index in [1.54, 1.807) is 24.3 Å². The van der Waals surface area contributed by atoms with Crippen LogP contribution in [0.5, 0.6) is 5.75 Å². The summed E-state index contributed by atoms with van der Waals surface area (Å²) in [4.78, 5) is 0. The zero-order valence-corrected chi connectivity index (χ0v) is 14.0. The van der Waals surface area contributed by atoms with Crippen molar-refractivity contribution in [1.82, 2.24) is 0 Å². The summed E-state index contributed by atoms with van der Waals surface area (Å²) in [6, 6.07) is 4.94. The number of halogens is 2. The molecular formula is C16H21F2NO3S. The van der Waals surface area contributed by atoms with E-state index in [0.717, 1.165) is 6.26 Å². The molecule has 0 unspecified atom stereocenters. The molecule has 0 saturated heterocycles. The molecule has 1 aliphatic rings. The summed E-state index contributed by atoms with van der Waals surface area (Å²) in [6.45, 7) is 0. The van der Waals surface area contributed by atoms with Crippen molar-refractivity contribution < 1.29 is 21.9 Å². The topological polar surface area (TPSA) is 55.4 Å². The fraction of sp³-hybridized carbons (Fsp3) is 0.500. The number of methoxy groups -OCH3 is 1. The van der Waals surface area contributed by atoms with Crippen LogP contribution in [0.3, 0.4) is 0 Å². The molecule has 0 bridgehead atoms. The van der Waals surface area contributed by atoms with Crippen LogP contribution in [-0.4, -0.2) is 27.7 Å². The maximum atomic E-state index is 13.2. The van der Waals surface area contributed by atoms with Gasteiger partial charge in [-0.05, 0) is 37.0 Å². The van der Waals surface area contributed by atoms with Crippen LogP contribution < -0.4 is 9.46 Å². The number of benzene rings is 1. The smallest absolute Gasteiger partial charge is 0.248 e. The lowest BCUT2D eigenvalue weighted by Crippen LogP contribution is -2.23. The van der Waals surface area contributed by atoms with Crippen LogP contribution >= 0.6 is 0 Å². The zero-order chi connectivity index (χ0) is 17.1. The number of hydrogen-bond donors (Lipinski definition) is 1. The van der Waals surface area contributed by atoms with Gasteiger partial charge in [0.25, 0.3) is 0 Å². The Morgan fingerprint density at radius 1 is 1.30 bits per heavy atom. The highest BCUT2D eigenvalue weighted by Gasteiger charge is 2.33. The molecule has 0 radical (unpaired) electrons. The van der Waals surface area contributed by atoms with Crippen molar-refractivity contribution in [3.63, 3.8) is 0 Å². The van der Waals surface area contributed by atoms with Gasteiger partial charge in [-0.2, -0.15) is 0 Å². The molecular weight excluding hydrogens is 324 g/mol. The highest BCUT2D eigenvalue weighted by Crippen LogP contribution is 2.37. The number of hydrogen-bond acceptors (Lipinski definition) is 3. The van der Waals surface area contributed by atoms with Gasteiger partial charge in [-0.15, -0.1) is 0 Å². The number of anilines is 1. The van der Waals surface area contributed by atoms with Crippen LogP contribution in [-0.2, 0) is 10.0 Å². The fourth-order valence-corrected chi connectivity index (χ4v) is 3.19. The minimum atomic E-state index is -3.36. The number of rotatable bonds is 5. The highest BCUT2D eigenvalue weighted by atomic mass is 32.2. The lowest BCUT2D eigenvalue weighted by atomic mass is 9.86. The average Bonchev–Trinajstić information content (AvgIpc) is 2.44. The molecule has 0 aromatic heterocycles. The molecule has 0 aliphatic heterocycles.